The first-order valence-electron chi connectivity index (χ1n) is 8.10. The molecule has 2 heterocycles. The van der Waals surface area contributed by atoms with Gasteiger partial charge in [-0.3, -0.25) is 9.69 Å². The van der Waals surface area contributed by atoms with Gasteiger partial charge in [0.05, 0.1) is 6.54 Å². The Hall–Kier alpha value is -0.740. The molecule has 1 saturated heterocycles. The largest absolute Gasteiger partial charge is 0.342 e. The second-order valence-corrected chi connectivity index (χ2v) is 8.87. The lowest BCUT2D eigenvalue weighted by molar-refractivity contribution is -0.132. The SMILES string of the molecule is CCN(CC)C(=O)CN1CCN(S(=O)(=O)c2cc(Br)cnc2Cl)CC1. The van der Waals surface area contributed by atoms with Gasteiger partial charge in [-0.15, -0.1) is 0 Å². The number of amides is 1. The van der Waals surface area contributed by atoms with Gasteiger partial charge in [0, 0.05) is 49.9 Å². The van der Waals surface area contributed by atoms with Crippen molar-refractivity contribution in [2.75, 3.05) is 45.8 Å². The van der Waals surface area contributed by atoms with Gasteiger partial charge in [-0.05, 0) is 35.8 Å². The number of pyridine rings is 1. The van der Waals surface area contributed by atoms with Crippen LogP contribution in [0.4, 0.5) is 0 Å². The summed E-state index contributed by atoms with van der Waals surface area (Å²) in [7, 11) is -3.71. The average Bonchev–Trinajstić information content (AvgIpc) is 2.58. The third-order valence-electron chi connectivity index (χ3n) is 4.20. The van der Waals surface area contributed by atoms with E-state index in [9.17, 15) is 13.2 Å². The molecule has 0 saturated carbocycles. The molecular weight excluding hydrogens is 432 g/mol. The van der Waals surface area contributed by atoms with Crippen LogP contribution < -0.4 is 0 Å². The van der Waals surface area contributed by atoms with Crippen molar-refractivity contribution in [3.8, 4) is 0 Å². The molecule has 0 bridgehead atoms. The van der Waals surface area contributed by atoms with Crippen molar-refractivity contribution >= 4 is 43.5 Å². The van der Waals surface area contributed by atoms with Crippen molar-refractivity contribution in [3.05, 3.63) is 21.9 Å². The van der Waals surface area contributed by atoms with Gasteiger partial charge in [-0.2, -0.15) is 4.31 Å². The fourth-order valence-corrected chi connectivity index (χ4v) is 5.06. The summed E-state index contributed by atoms with van der Waals surface area (Å²) in [6.07, 6.45) is 1.46. The Morgan fingerprint density at radius 1 is 1.28 bits per heavy atom. The van der Waals surface area contributed by atoms with E-state index < -0.39 is 10.0 Å². The van der Waals surface area contributed by atoms with E-state index in [0.717, 1.165) is 0 Å². The van der Waals surface area contributed by atoms with E-state index in [2.05, 4.69) is 20.9 Å². The lowest BCUT2D eigenvalue weighted by atomic mass is 10.3. The molecule has 0 aliphatic carbocycles. The van der Waals surface area contributed by atoms with Crippen LogP contribution in [0.3, 0.4) is 0 Å². The highest BCUT2D eigenvalue weighted by atomic mass is 79.9. The molecule has 1 amide bonds. The predicted molar refractivity (Wildman–Crippen MR) is 100 cm³/mol. The molecule has 1 aromatic heterocycles. The standard InChI is InChI=1S/C15H22BrClN4O3S/c1-3-20(4-2)14(22)11-19-5-7-21(8-6-19)25(23,24)13-9-12(16)10-18-15(13)17/h9-10H,3-8,11H2,1-2H3. The number of sulfonamides is 1. The van der Waals surface area contributed by atoms with E-state index >= 15 is 0 Å². The zero-order valence-corrected chi connectivity index (χ0v) is 17.4. The molecule has 1 aliphatic rings. The Balaban J connectivity index is 2.02. The first-order chi connectivity index (χ1) is 11.8. The third kappa shape index (κ3) is 4.91. The zero-order chi connectivity index (χ0) is 18.6. The Morgan fingerprint density at radius 2 is 1.88 bits per heavy atom. The second kappa shape index (κ2) is 8.77. The van der Waals surface area contributed by atoms with Gasteiger partial charge in [-0.1, -0.05) is 11.6 Å². The number of nitrogens with zero attached hydrogens (tertiary/aromatic N) is 4. The number of carbonyl (C=O) groups excluding carboxylic acids is 1. The van der Waals surface area contributed by atoms with Crippen LogP contribution in [-0.4, -0.2) is 79.2 Å². The topological polar surface area (TPSA) is 73.8 Å². The molecular formula is C15H22BrClN4O3S. The summed E-state index contributed by atoms with van der Waals surface area (Å²) in [6.45, 7) is 7.21. The van der Waals surface area contributed by atoms with Crippen LogP contribution in [0.25, 0.3) is 0 Å². The van der Waals surface area contributed by atoms with Gasteiger partial charge in [-0.25, -0.2) is 13.4 Å². The van der Waals surface area contributed by atoms with Crippen LogP contribution >= 0.6 is 27.5 Å². The quantitative estimate of drug-likeness (QED) is 0.613. The van der Waals surface area contributed by atoms with Crippen LogP contribution in [0.5, 0.6) is 0 Å². The fraction of sp³-hybridized carbons (Fsp3) is 0.600. The van der Waals surface area contributed by atoms with E-state index in [4.69, 9.17) is 11.6 Å². The van der Waals surface area contributed by atoms with Crippen molar-refractivity contribution in [2.45, 2.75) is 18.7 Å². The molecule has 7 nitrogen and oxygen atoms in total. The molecule has 140 valence electrons. The molecule has 25 heavy (non-hydrogen) atoms. The Kier molecular flexibility index (Phi) is 7.21. The predicted octanol–water partition coefficient (Wildman–Crippen LogP) is 1.67. The Bertz CT molecular complexity index is 719. The number of hydrogen-bond acceptors (Lipinski definition) is 5. The molecule has 0 unspecified atom stereocenters. The van der Waals surface area contributed by atoms with E-state index in [1.54, 1.807) is 4.90 Å². The Labute approximate surface area is 162 Å². The Morgan fingerprint density at radius 3 is 2.44 bits per heavy atom. The first kappa shape index (κ1) is 20.6. The molecule has 1 aromatic rings. The second-order valence-electron chi connectivity index (χ2n) is 5.69. The van der Waals surface area contributed by atoms with Crippen LogP contribution in [0.1, 0.15) is 13.8 Å². The van der Waals surface area contributed by atoms with Gasteiger partial charge in [0.15, 0.2) is 0 Å². The number of likely N-dealkylation sites (N-methyl/N-ethyl adjacent to an activating group) is 1. The maximum absolute atomic E-state index is 12.8. The van der Waals surface area contributed by atoms with E-state index in [1.807, 2.05) is 18.7 Å². The molecule has 0 radical (unpaired) electrons. The minimum absolute atomic E-state index is 0.00351. The number of rotatable bonds is 6. The molecule has 0 spiro atoms. The molecule has 0 aromatic carbocycles. The lowest BCUT2D eigenvalue weighted by Crippen LogP contribution is -2.51. The third-order valence-corrected chi connectivity index (χ3v) is 6.96. The van der Waals surface area contributed by atoms with Crippen molar-refractivity contribution < 1.29 is 13.2 Å². The number of carbonyl (C=O) groups is 1. The maximum atomic E-state index is 12.8. The minimum atomic E-state index is -3.71. The van der Waals surface area contributed by atoms with E-state index in [0.29, 0.717) is 50.3 Å². The summed E-state index contributed by atoms with van der Waals surface area (Å²) in [5, 5.41) is -0.0395. The van der Waals surface area contributed by atoms with Gasteiger partial charge in [0.25, 0.3) is 0 Å². The van der Waals surface area contributed by atoms with Gasteiger partial charge >= 0.3 is 0 Å². The summed E-state index contributed by atoms with van der Waals surface area (Å²) in [4.78, 5) is 19.8. The summed E-state index contributed by atoms with van der Waals surface area (Å²) in [6, 6.07) is 1.46. The molecule has 2 rings (SSSR count). The van der Waals surface area contributed by atoms with Crippen LogP contribution in [0, 0.1) is 0 Å². The lowest BCUT2D eigenvalue weighted by Gasteiger charge is -2.34. The number of halogens is 2. The molecule has 1 fully saturated rings. The van der Waals surface area contributed by atoms with Crippen LogP contribution in [-0.2, 0) is 14.8 Å². The molecule has 1 aliphatic heterocycles. The van der Waals surface area contributed by atoms with Crippen molar-refractivity contribution in [1.29, 1.82) is 0 Å². The first-order valence-corrected chi connectivity index (χ1v) is 10.7. The summed E-state index contributed by atoms with van der Waals surface area (Å²) in [5.41, 5.74) is 0. The van der Waals surface area contributed by atoms with Gasteiger partial charge in [0.2, 0.25) is 15.9 Å². The number of hydrogen-bond donors (Lipinski definition) is 0. The zero-order valence-electron chi connectivity index (χ0n) is 14.3. The van der Waals surface area contributed by atoms with Crippen LogP contribution in [0.15, 0.2) is 21.6 Å². The number of piperazine rings is 1. The minimum Gasteiger partial charge on any atom is -0.342 e. The van der Waals surface area contributed by atoms with Crippen molar-refractivity contribution in [1.82, 2.24) is 19.1 Å². The monoisotopic (exact) mass is 452 g/mol. The van der Waals surface area contributed by atoms with Crippen molar-refractivity contribution in [3.63, 3.8) is 0 Å². The van der Waals surface area contributed by atoms with E-state index in [-0.39, 0.29) is 16.0 Å². The smallest absolute Gasteiger partial charge is 0.246 e. The summed E-state index contributed by atoms with van der Waals surface area (Å²) >= 11 is 9.19. The molecule has 0 atom stereocenters. The molecule has 0 N–H and O–H groups in total. The summed E-state index contributed by atoms with van der Waals surface area (Å²) in [5.74, 6) is 0.0699. The fourth-order valence-electron chi connectivity index (χ4n) is 2.72. The maximum Gasteiger partial charge on any atom is 0.246 e. The summed E-state index contributed by atoms with van der Waals surface area (Å²) < 4.78 is 27.5. The average molecular weight is 454 g/mol. The molecule has 10 heteroatoms. The highest BCUT2D eigenvalue weighted by molar-refractivity contribution is 9.10. The van der Waals surface area contributed by atoms with Gasteiger partial charge in [0.1, 0.15) is 10.0 Å². The normalized spacial score (nSPS) is 16.8. The number of aromatic nitrogens is 1. The van der Waals surface area contributed by atoms with Crippen LogP contribution in [0.2, 0.25) is 5.15 Å². The van der Waals surface area contributed by atoms with Crippen molar-refractivity contribution in [2.24, 2.45) is 0 Å². The van der Waals surface area contributed by atoms with E-state index in [1.165, 1.54) is 16.6 Å². The highest BCUT2D eigenvalue weighted by Crippen LogP contribution is 2.26. The highest BCUT2D eigenvalue weighted by Gasteiger charge is 2.31. The van der Waals surface area contributed by atoms with Gasteiger partial charge < -0.3 is 4.90 Å².